The van der Waals surface area contributed by atoms with Crippen LogP contribution >= 0.6 is 0 Å². The molecule has 0 atom stereocenters. The molecule has 0 aliphatic carbocycles. The molecule has 0 spiro atoms. The smallest absolute Gasteiger partial charge is 0.188 e. The van der Waals surface area contributed by atoms with Gasteiger partial charge in [-0.2, -0.15) is 5.26 Å². The maximum atomic E-state index is 9.81. The Labute approximate surface area is 470 Å². The van der Waals surface area contributed by atoms with E-state index in [-0.39, 0.29) is 0 Å². The quantitative estimate of drug-likeness (QED) is 0.135. The molecule has 0 bridgehead atoms. The Morgan fingerprint density at radius 3 is 1.21 bits per heavy atom. The number of hydrogen-bond donors (Lipinski definition) is 0. The van der Waals surface area contributed by atoms with Crippen LogP contribution in [0.3, 0.4) is 0 Å². The lowest BCUT2D eigenvalue weighted by molar-refractivity contribution is 0.672. The number of fused-ring (bicyclic) bond motifs is 14. The predicted octanol–water partition coefficient (Wildman–Crippen LogP) is 20.7. The Kier molecular flexibility index (Phi) is 10.5. The summed E-state index contributed by atoms with van der Waals surface area (Å²) in [6.07, 6.45) is 0. The van der Waals surface area contributed by atoms with E-state index in [0.717, 1.165) is 144 Å². The summed E-state index contributed by atoms with van der Waals surface area (Å²) < 4.78 is 18.1. The van der Waals surface area contributed by atoms with Crippen LogP contribution in [0, 0.1) is 17.9 Å². The maximum absolute atomic E-state index is 9.81. The van der Waals surface area contributed by atoms with E-state index in [1.165, 1.54) is 0 Å². The fourth-order valence-corrected chi connectivity index (χ4v) is 12.4. The molecule has 12 aromatic carbocycles. The molecule has 4 aromatic heterocycles. The third-order valence-electron chi connectivity index (χ3n) is 16.1. The first-order valence-corrected chi connectivity index (χ1v) is 27.2. The van der Waals surface area contributed by atoms with Crippen molar-refractivity contribution in [3.05, 3.63) is 284 Å². The summed E-state index contributed by atoms with van der Waals surface area (Å²) >= 11 is 0. The average molecular weight is 1050 g/mol. The van der Waals surface area contributed by atoms with Crippen LogP contribution in [0.25, 0.3) is 115 Å². The molecule has 0 aliphatic rings. The van der Waals surface area contributed by atoms with Crippen molar-refractivity contribution in [3.63, 3.8) is 0 Å². The van der Waals surface area contributed by atoms with Crippen molar-refractivity contribution in [2.45, 2.75) is 0 Å². The van der Waals surface area contributed by atoms with E-state index in [1.54, 1.807) is 0 Å². The van der Waals surface area contributed by atoms with Crippen molar-refractivity contribution in [1.82, 2.24) is 9.13 Å². The van der Waals surface area contributed by atoms with Gasteiger partial charge in [-0.3, -0.25) is 0 Å². The lowest BCUT2D eigenvalue weighted by Crippen LogP contribution is -2.10. The zero-order chi connectivity index (χ0) is 54.4. The van der Waals surface area contributed by atoms with Gasteiger partial charge in [-0.15, -0.1) is 0 Å². The second-order valence-electron chi connectivity index (χ2n) is 20.7. The molecule has 0 fully saturated rings. The third kappa shape index (κ3) is 7.30. The van der Waals surface area contributed by atoms with Crippen LogP contribution in [-0.2, 0) is 0 Å². The van der Waals surface area contributed by atoms with Gasteiger partial charge in [0.15, 0.2) is 5.69 Å². The van der Waals surface area contributed by atoms with E-state index < -0.39 is 0 Å². The zero-order valence-corrected chi connectivity index (χ0v) is 43.9. The molecule has 0 unspecified atom stereocenters. The van der Waals surface area contributed by atoms with Crippen molar-refractivity contribution in [2.75, 3.05) is 9.80 Å². The van der Waals surface area contributed by atoms with Gasteiger partial charge in [-0.1, -0.05) is 103 Å². The summed E-state index contributed by atoms with van der Waals surface area (Å²) in [5.41, 5.74) is 18.9. The monoisotopic (exact) mass is 1050 g/mol. The van der Waals surface area contributed by atoms with Crippen LogP contribution in [0.15, 0.2) is 276 Å². The van der Waals surface area contributed by atoms with Crippen LogP contribution in [0.2, 0.25) is 0 Å². The zero-order valence-electron chi connectivity index (χ0n) is 43.9. The first-order chi connectivity index (χ1) is 40.6. The highest BCUT2D eigenvalue weighted by atomic mass is 16.3. The molecule has 0 aliphatic heterocycles. The van der Waals surface area contributed by atoms with Crippen molar-refractivity contribution >= 4 is 127 Å². The summed E-state index contributed by atoms with van der Waals surface area (Å²) in [5, 5.41) is 17.8. The highest BCUT2D eigenvalue weighted by Crippen LogP contribution is 2.47. The minimum atomic E-state index is 0.583. The number of aromatic nitrogens is 2. The van der Waals surface area contributed by atoms with Gasteiger partial charge in [-0.05, 0) is 175 Å². The molecule has 382 valence electrons. The summed E-state index contributed by atoms with van der Waals surface area (Å²) in [6, 6.07) is 95.3. The summed E-state index contributed by atoms with van der Waals surface area (Å²) in [4.78, 5) is 8.36. The Morgan fingerprint density at radius 2 is 0.756 bits per heavy atom. The van der Waals surface area contributed by atoms with Crippen LogP contribution in [-0.4, -0.2) is 9.13 Å². The molecule has 16 rings (SSSR count). The Morgan fingerprint density at radius 1 is 0.354 bits per heavy atom. The van der Waals surface area contributed by atoms with Crippen molar-refractivity contribution in [1.29, 1.82) is 5.26 Å². The molecule has 82 heavy (non-hydrogen) atoms. The van der Waals surface area contributed by atoms with Gasteiger partial charge in [-0.25, -0.2) is 4.85 Å². The molecule has 0 saturated carbocycles. The summed E-state index contributed by atoms with van der Waals surface area (Å²) in [7, 11) is 0. The molecule has 16 aromatic rings. The minimum Gasteiger partial charge on any atom is -0.455 e. The highest BCUT2D eigenvalue weighted by Gasteiger charge is 2.24. The van der Waals surface area contributed by atoms with Crippen molar-refractivity contribution in [2.24, 2.45) is 0 Å². The molecule has 0 N–H and O–H groups in total. The largest absolute Gasteiger partial charge is 0.455 e. The number of rotatable bonds is 9. The molecule has 0 saturated heterocycles. The van der Waals surface area contributed by atoms with Crippen LogP contribution in [0.4, 0.5) is 39.8 Å². The SMILES string of the molecule is [C-]#[N+]c1ccc2oc3c(ccc4c3c3cc(N(c5ccccc5)c5ccc(-c6ccc(N(c7ccccc7)c7ccc8c(c7)c7c9oc%10ccc(C#N)cc%10c9ccc7n8-c7ccccc7)cc6)cc5)ccc3n4-c3ccccc3)c2c1. The van der Waals surface area contributed by atoms with Crippen LogP contribution < -0.4 is 9.80 Å². The number of benzene rings is 12. The van der Waals surface area contributed by atoms with Gasteiger partial charge in [0.25, 0.3) is 0 Å². The maximum Gasteiger partial charge on any atom is 0.188 e. The second kappa shape index (κ2) is 18.5. The van der Waals surface area contributed by atoms with Crippen LogP contribution in [0.1, 0.15) is 5.56 Å². The van der Waals surface area contributed by atoms with E-state index in [9.17, 15) is 5.26 Å². The van der Waals surface area contributed by atoms with Gasteiger partial charge >= 0.3 is 0 Å². The van der Waals surface area contributed by atoms with Crippen molar-refractivity contribution in [3.8, 4) is 28.6 Å². The Bertz CT molecular complexity index is 4950. The van der Waals surface area contributed by atoms with E-state index in [4.69, 9.17) is 15.4 Å². The number of hydrogen-bond acceptors (Lipinski definition) is 5. The molecule has 0 radical (unpaired) electrons. The molecular weight excluding hydrogens is 1000 g/mol. The number of nitriles is 1. The standard InChI is InChI=1S/C74H44N6O2/c1-76-50-27-41-70-62(43-50)60-35-39-68-72(74(60)82-70)64-45-58(33-37-66(64)80(68)54-20-12-5-13-21-54)78(52-16-8-3-9-17-52)56-30-25-49(26-31-56)48-23-28-55(29-24-48)77(51-14-6-2-7-15-51)57-32-36-65-63(44-57)71-67(79(65)53-18-10-4-11-19-53)38-34-59-61-42-47(46-75)22-40-69(61)81-73(59)71/h2-45H. The Balaban J connectivity index is 0.793. The lowest BCUT2D eigenvalue weighted by Gasteiger charge is -2.26. The number of anilines is 6. The van der Waals surface area contributed by atoms with Crippen LogP contribution in [0.5, 0.6) is 0 Å². The summed E-state index contributed by atoms with van der Waals surface area (Å²) in [6.45, 7) is 7.72. The third-order valence-corrected chi connectivity index (χ3v) is 16.1. The van der Waals surface area contributed by atoms with Gasteiger partial charge < -0.3 is 27.8 Å². The van der Waals surface area contributed by atoms with Gasteiger partial charge in [0, 0.05) is 77.8 Å². The number of furan rings is 2. The Hall–Kier alpha value is -11.6. The second-order valence-corrected chi connectivity index (χ2v) is 20.7. The highest BCUT2D eigenvalue weighted by molar-refractivity contribution is 6.26. The predicted molar refractivity (Wildman–Crippen MR) is 335 cm³/mol. The lowest BCUT2D eigenvalue weighted by atomic mass is 10.0. The molecular formula is C74H44N6O2. The van der Waals surface area contributed by atoms with E-state index >= 15 is 0 Å². The fraction of sp³-hybridized carbons (Fsp3) is 0. The first kappa shape index (κ1) is 46.5. The summed E-state index contributed by atoms with van der Waals surface area (Å²) in [5.74, 6) is 0. The minimum absolute atomic E-state index is 0.583. The van der Waals surface area contributed by atoms with Gasteiger partial charge in [0.2, 0.25) is 0 Å². The molecule has 4 heterocycles. The molecule has 0 amide bonds. The van der Waals surface area contributed by atoms with E-state index in [0.29, 0.717) is 11.3 Å². The molecule has 8 heteroatoms. The number of para-hydroxylation sites is 4. The topological polar surface area (TPSA) is 70.8 Å². The first-order valence-electron chi connectivity index (χ1n) is 27.2. The number of nitrogens with zero attached hydrogens (tertiary/aromatic N) is 6. The van der Waals surface area contributed by atoms with E-state index in [1.807, 2.05) is 48.5 Å². The van der Waals surface area contributed by atoms with E-state index in [2.05, 4.69) is 248 Å². The van der Waals surface area contributed by atoms with Gasteiger partial charge in [0.1, 0.15) is 22.3 Å². The van der Waals surface area contributed by atoms with Gasteiger partial charge in [0.05, 0.1) is 51.0 Å². The average Bonchev–Trinajstić information content (AvgIpc) is 3.95. The normalized spacial score (nSPS) is 11.6. The van der Waals surface area contributed by atoms with Crippen molar-refractivity contribution < 1.29 is 8.83 Å². The molecule has 8 nitrogen and oxygen atoms in total. The fourth-order valence-electron chi connectivity index (χ4n) is 12.4.